The molecule has 1 N–H and O–H groups in total. The summed E-state index contributed by atoms with van der Waals surface area (Å²) >= 11 is 0. The Bertz CT molecular complexity index is 267. The number of nitrogens with one attached hydrogen (secondary N) is 1. The van der Waals surface area contributed by atoms with E-state index in [-0.39, 0.29) is 5.91 Å². The highest BCUT2D eigenvalue weighted by Crippen LogP contribution is 2.24. The van der Waals surface area contributed by atoms with Crippen LogP contribution in [0.5, 0.6) is 0 Å². The maximum Gasteiger partial charge on any atom is 0.320 e. The molecule has 1 aliphatic rings. The summed E-state index contributed by atoms with van der Waals surface area (Å²) in [6.07, 6.45) is 4.86. The van der Waals surface area contributed by atoms with E-state index in [0.717, 1.165) is 0 Å². The zero-order valence-corrected chi connectivity index (χ0v) is 10.3. The molecule has 92 valence electrons. The van der Waals surface area contributed by atoms with Gasteiger partial charge in [-0.3, -0.25) is 9.59 Å². The predicted molar refractivity (Wildman–Crippen MR) is 60.8 cm³/mol. The second-order valence-corrected chi connectivity index (χ2v) is 4.98. The second-order valence-electron chi connectivity index (χ2n) is 4.98. The van der Waals surface area contributed by atoms with Gasteiger partial charge < -0.3 is 10.1 Å². The topological polar surface area (TPSA) is 55.4 Å². The van der Waals surface area contributed by atoms with E-state index in [9.17, 15) is 9.59 Å². The van der Waals surface area contributed by atoms with E-state index in [0.29, 0.717) is 12.5 Å². The number of methoxy groups -OCH3 is 1. The molecule has 1 rings (SSSR count). The van der Waals surface area contributed by atoms with Crippen molar-refractivity contribution in [3.05, 3.63) is 0 Å². The van der Waals surface area contributed by atoms with E-state index in [1.807, 2.05) is 0 Å². The minimum absolute atomic E-state index is 0.244. The average Bonchev–Trinajstić information content (AvgIpc) is 2.77. The lowest BCUT2D eigenvalue weighted by molar-refractivity contribution is -0.156. The first-order chi connectivity index (χ1) is 7.48. The molecule has 0 aromatic rings. The van der Waals surface area contributed by atoms with E-state index in [2.05, 4.69) is 10.1 Å². The highest BCUT2D eigenvalue weighted by atomic mass is 16.5. The van der Waals surface area contributed by atoms with Crippen molar-refractivity contribution in [1.82, 2.24) is 5.32 Å². The Kier molecular flexibility index (Phi) is 4.33. The minimum Gasteiger partial charge on any atom is -0.468 e. The molecule has 0 saturated heterocycles. The fourth-order valence-electron chi connectivity index (χ4n) is 2.02. The van der Waals surface area contributed by atoms with Crippen molar-refractivity contribution < 1.29 is 14.3 Å². The number of amides is 1. The van der Waals surface area contributed by atoms with E-state index >= 15 is 0 Å². The molecule has 4 heteroatoms. The van der Waals surface area contributed by atoms with E-state index in [1.54, 1.807) is 13.8 Å². The van der Waals surface area contributed by atoms with Gasteiger partial charge in [0.15, 0.2) is 0 Å². The standard InChI is InChI=1S/C12H21NO3/c1-12(2,11(15)16-3)10(14)13-8-9-6-4-5-7-9/h9H,4-8H2,1-3H3,(H,13,14). The van der Waals surface area contributed by atoms with Crippen LogP contribution in [0.15, 0.2) is 0 Å². The fraction of sp³-hybridized carbons (Fsp3) is 0.833. The Labute approximate surface area is 96.7 Å². The van der Waals surface area contributed by atoms with Gasteiger partial charge in [0.1, 0.15) is 5.41 Å². The SMILES string of the molecule is COC(=O)C(C)(C)C(=O)NCC1CCCC1. The summed E-state index contributed by atoms with van der Waals surface area (Å²) in [6.45, 7) is 3.85. The maximum absolute atomic E-state index is 11.8. The molecule has 1 aliphatic carbocycles. The molecule has 0 aliphatic heterocycles. The lowest BCUT2D eigenvalue weighted by atomic mass is 9.92. The van der Waals surface area contributed by atoms with Crippen LogP contribution in [0.25, 0.3) is 0 Å². The zero-order valence-electron chi connectivity index (χ0n) is 10.3. The number of rotatable bonds is 4. The molecule has 4 nitrogen and oxygen atoms in total. The van der Waals surface area contributed by atoms with Gasteiger partial charge in [-0.15, -0.1) is 0 Å². The summed E-state index contributed by atoms with van der Waals surface area (Å²) in [4.78, 5) is 23.2. The van der Waals surface area contributed by atoms with Crippen LogP contribution < -0.4 is 5.32 Å². The summed E-state index contributed by atoms with van der Waals surface area (Å²) < 4.78 is 4.61. The zero-order chi connectivity index (χ0) is 12.2. The summed E-state index contributed by atoms with van der Waals surface area (Å²) in [7, 11) is 1.30. The van der Waals surface area contributed by atoms with Gasteiger partial charge in [-0.05, 0) is 32.6 Å². The lowest BCUT2D eigenvalue weighted by Crippen LogP contribution is -2.44. The third kappa shape index (κ3) is 2.97. The number of ether oxygens (including phenoxy) is 1. The number of carbonyl (C=O) groups is 2. The molecular weight excluding hydrogens is 206 g/mol. The molecule has 1 amide bonds. The van der Waals surface area contributed by atoms with Gasteiger partial charge >= 0.3 is 5.97 Å². The molecule has 0 radical (unpaired) electrons. The van der Waals surface area contributed by atoms with Crippen LogP contribution in [0.1, 0.15) is 39.5 Å². The van der Waals surface area contributed by atoms with Gasteiger partial charge in [0.25, 0.3) is 0 Å². The van der Waals surface area contributed by atoms with Crippen LogP contribution in [0.3, 0.4) is 0 Å². The van der Waals surface area contributed by atoms with Crippen molar-refractivity contribution in [2.24, 2.45) is 11.3 Å². The highest BCUT2D eigenvalue weighted by Gasteiger charge is 2.37. The van der Waals surface area contributed by atoms with Crippen LogP contribution in [0.2, 0.25) is 0 Å². The van der Waals surface area contributed by atoms with Gasteiger partial charge in [-0.1, -0.05) is 12.8 Å². The van der Waals surface area contributed by atoms with Gasteiger partial charge in [-0.25, -0.2) is 0 Å². The first kappa shape index (κ1) is 13.0. The summed E-state index contributed by atoms with van der Waals surface area (Å²) in [6, 6.07) is 0. The van der Waals surface area contributed by atoms with E-state index < -0.39 is 11.4 Å². The number of hydrogen-bond acceptors (Lipinski definition) is 3. The Morgan fingerprint density at radius 1 is 1.31 bits per heavy atom. The Morgan fingerprint density at radius 3 is 2.38 bits per heavy atom. The molecule has 0 heterocycles. The predicted octanol–water partition coefficient (Wildman–Crippen LogP) is 1.49. The Morgan fingerprint density at radius 2 is 1.88 bits per heavy atom. The van der Waals surface area contributed by atoms with Gasteiger partial charge in [0, 0.05) is 6.54 Å². The van der Waals surface area contributed by atoms with Crippen molar-refractivity contribution in [2.75, 3.05) is 13.7 Å². The minimum atomic E-state index is -1.09. The number of hydrogen-bond donors (Lipinski definition) is 1. The molecular formula is C12H21NO3. The van der Waals surface area contributed by atoms with Gasteiger partial charge in [0.2, 0.25) is 5.91 Å². The van der Waals surface area contributed by atoms with Crippen molar-refractivity contribution in [2.45, 2.75) is 39.5 Å². The summed E-state index contributed by atoms with van der Waals surface area (Å²) in [5.41, 5.74) is -1.09. The van der Waals surface area contributed by atoms with Crippen LogP contribution in [-0.4, -0.2) is 25.5 Å². The third-order valence-corrected chi connectivity index (χ3v) is 3.29. The molecule has 0 aromatic heterocycles. The molecule has 0 spiro atoms. The normalized spacial score (nSPS) is 17.2. The quantitative estimate of drug-likeness (QED) is 0.585. The van der Waals surface area contributed by atoms with Crippen LogP contribution in [-0.2, 0) is 14.3 Å². The van der Waals surface area contributed by atoms with Crippen molar-refractivity contribution in [3.63, 3.8) is 0 Å². The smallest absolute Gasteiger partial charge is 0.320 e. The van der Waals surface area contributed by atoms with Crippen LogP contribution in [0.4, 0.5) is 0 Å². The molecule has 0 unspecified atom stereocenters. The van der Waals surface area contributed by atoms with Crippen molar-refractivity contribution in [1.29, 1.82) is 0 Å². The van der Waals surface area contributed by atoms with Gasteiger partial charge in [-0.2, -0.15) is 0 Å². The monoisotopic (exact) mass is 227 g/mol. The summed E-state index contributed by atoms with van der Waals surface area (Å²) in [5, 5.41) is 2.84. The largest absolute Gasteiger partial charge is 0.468 e. The lowest BCUT2D eigenvalue weighted by Gasteiger charge is -2.21. The first-order valence-corrected chi connectivity index (χ1v) is 5.85. The average molecular weight is 227 g/mol. The summed E-state index contributed by atoms with van der Waals surface area (Å²) in [5.74, 6) is -0.153. The molecule has 1 fully saturated rings. The molecule has 0 bridgehead atoms. The van der Waals surface area contributed by atoms with Crippen molar-refractivity contribution in [3.8, 4) is 0 Å². The van der Waals surface area contributed by atoms with Crippen LogP contribution in [0, 0.1) is 11.3 Å². The molecule has 0 atom stereocenters. The van der Waals surface area contributed by atoms with Crippen molar-refractivity contribution >= 4 is 11.9 Å². The highest BCUT2D eigenvalue weighted by molar-refractivity contribution is 6.01. The first-order valence-electron chi connectivity index (χ1n) is 5.85. The fourth-order valence-corrected chi connectivity index (χ4v) is 2.02. The van der Waals surface area contributed by atoms with E-state index in [4.69, 9.17) is 0 Å². The molecule has 0 aromatic carbocycles. The Hall–Kier alpha value is -1.06. The molecule has 16 heavy (non-hydrogen) atoms. The number of carbonyl (C=O) groups excluding carboxylic acids is 2. The second kappa shape index (κ2) is 5.32. The molecule has 1 saturated carbocycles. The number of esters is 1. The van der Waals surface area contributed by atoms with E-state index in [1.165, 1.54) is 32.8 Å². The maximum atomic E-state index is 11.8. The third-order valence-electron chi connectivity index (χ3n) is 3.29. The van der Waals surface area contributed by atoms with Crippen LogP contribution >= 0.6 is 0 Å². The van der Waals surface area contributed by atoms with Gasteiger partial charge in [0.05, 0.1) is 7.11 Å². The Balaban J connectivity index is 2.41.